The quantitative estimate of drug-likeness (QED) is 0.786. The van der Waals surface area contributed by atoms with Gasteiger partial charge in [-0.1, -0.05) is 36.4 Å². The Labute approximate surface area is 116 Å². The maximum absolute atomic E-state index is 5.96. The van der Waals surface area contributed by atoms with Crippen LogP contribution in [0.1, 0.15) is 22.1 Å². The molecule has 2 aromatic carbocycles. The summed E-state index contributed by atoms with van der Waals surface area (Å²) in [4.78, 5) is 4.74. The third-order valence-corrected chi connectivity index (χ3v) is 4.43. The molecule has 1 atom stereocenters. The van der Waals surface area contributed by atoms with Crippen LogP contribution in [0.15, 0.2) is 48.5 Å². The van der Waals surface area contributed by atoms with Gasteiger partial charge in [-0.05, 0) is 30.2 Å². The fourth-order valence-corrected chi connectivity index (χ4v) is 3.47. The van der Waals surface area contributed by atoms with Gasteiger partial charge < -0.3 is 5.73 Å². The molecule has 2 nitrogen and oxygen atoms in total. The van der Waals surface area contributed by atoms with Crippen LogP contribution in [-0.4, -0.2) is 11.5 Å². The molecule has 1 aromatic heterocycles. The lowest BCUT2D eigenvalue weighted by Crippen LogP contribution is -2.13. The Bertz CT molecular complexity index is 688. The Hall–Kier alpha value is -1.71. The smallest absolute Gasteiger partial charge is 0.103 e. The largest absolute Gasteiger partial charge is 0.329 e. The summed E-state index contributed by atoms with van der Waals surface area (Å²) in [7, 11) is 0. The van der Waals surface area contributed by atoms with Crippen molar-refractivity contribution < 1.29 is 0 Å². The van der Waals surface area contributed by atoms with Crippen molar-refractivity contribution >= 4 is 21.6 Å². The van der Waals surface area contributed by atoms with Gasteiger partial charge in [0.1, 0.15) is 5.01 Å². The minimum Gasteiger partial charge on any atom is -0.329 e. The van der Waals surface area contributed by atoms with Crippen molar-refractivity contribution in [3.63, 3.8) is 0 Å². The minimum atomic E-state index is 0.193. The summed E-state index contributed by atoms with van der Waals surface area (Å²) in [5.74, 6) is 0.193. The van der Waals surface area contributed by atoms with E-state index in [4.69, 9.17) is 10.7 Å². The monoisotopic (exact) mass is 268 g/mol. The first-order chi connectivity index (χ1) is 9.28. The second-order valence-electron chi connectivity index (χ2n) is 4.72. The summed E-state index contributed by atoms with van der Waals surface area (Å²) in [6.07, 6.45) is 0. The SMILES string of the molecule is Cc1ccc2nc(C(CN)c3ccccc3)sc2c1. The van der Waals surface area contributed by atoms with Crippen LogP contribution in [0.2, 0.25) is 0 Å². The Balaban J connectivity index is 2.07. The van der Waals surface area contributed by atoms with Gasteiger partial charge in [0.25, 0.3) is 0 Å². The summed E-state index contributed by atoms with van der Waals surface area (Å²) >= 11 is 1.75. The first-order valence-electron chi connectivity index (χ1n) is 6.40. The molecule has 19 heavy (non-hydrogen) atoms. The van der Waals surface area contributed by atoms with E-state index < -0.39 is 0 Å². The van der Waals surface area contributed by atoms with Gasteiger partial charge in [0.2, 0.25) is 0 Å². The minimum absolute atomic E-state index is 0.193. The molecule has 3 heteroatoms. The molecular formula is C16H16N2S. The zero-order valence-electron chi connectivity index (χ0n) is 10.8. The van der Waals surface area contributed by atoms with Gasteiger partial charge in [0.05, 0.1) is 10.2 Å². The molecule has 0 saturated carbocycles. The van der Waals surface area contributed by atoms with Crippen LogP contribution in [0.4, 0.5) is 0 Å². The van der Waals surface area contributed by atoms with Gasteiger partial charge >= 0.3 is 0 Å². The number of rotatable bonds is 3. The highest BCUT2D eigenvalue weighted by molar-refractivity contribution is 7.18. The summed E-state index contributed by atoms with van der Waals surface area (Å²) < 4.78 is 1.24. The second kappa shape index (κ2) is 5.11. The Morgan fingerprint density at radius 3 is 2.68 bits per heavy atom. The second-order valence-corrected chi connectivity index (χ2v) is 5.78. The van der Waals surface area contributed by atoms with E-state index in [2.05, 4.69) is 49.4 Å². The summed E-state index contributed by atoms with van der Waals surface area (Å²) in [5.41, 5.74) is 9.53. The normalized spacial score (nSPS) is 12.7. The summed E-state index contributed by atoms with van der Waals surface area (Å²) in [5, 5.41) is 1.11. The molecule has 2 N–H and O–H groups in total. The van der Waals surface area contributed by atoms with E-state index in [0.29, 0.717) is 6.54 Å². The van der Waals surface area contributed by atoms with Gasteiger partial charge in [-0.25, -0.2) is 4.98 Å². The van der Waals surface area contributed by atoms with Crippen LogP contribution in [0.25, 0.3) is 10.2 Å². The Morgan fingerprint density at radius 2 is 1.95 bits per heavy atom. The Morgan fingerprint density at radius 1 is 1.16 bits per heavy atom. The van der Waals surface area contributed by atoms with Gasteiger partial charge in [-0.3, -0.25) is 0 Å². The third-order valence-electron chi connectivity index (χ3n) is 3.30. The number of aromatic nitrogens is 1. The number of hydrogen-bond donors (Lipinski definition) is 1. The number of thiazole rings is 1. The first kappa shape index (κ1) is 12.3. The van der Waals surface area contributed by atoms with E-state index >= 15 is 0 Å². The van der Waals surface area contributed by atoms with Gasteiger partial charge in [-0.15, -0.1) is 11.3 Å². The van der Waals surface area contributed by atoms with Gasteiger partial charge in [0.15, 0.2) is 0 Å². The van der Waals surface area contributed by atoms with E-state index in [9.17, 15) is 0 Å². The zero-order chi connectivity index (χ0) is 13.2. The molecule has 1 heterocycles. The van der Waals surface area contributed by atoms with Crippen molar-refractivity contribution in [2.75, 3.05) is 6.54 Å². The van der Waals surface area contributed by atoms with Crippen molar-refractivity contribution in [3.8, 4) is 0 Å². The average Bonchev–Trinajstić information content (AvgIpc) is 2.83. The molecule has 0 aliphatic rings. The molecule has 0 saturated heterocycles. The molecule has 3 rings (SSSR count). The van der Waals surface area contributed by atoms with Crippen LogP contribution >= 0.6 is 11.3 Å². The maximum atomic E-state index is 5.96. The maximum Gasteiger partial charge on any atom is 0.103 e. The van der Waals surface area contributed by atoms with Crippen molar-refractivity contribution in [2.24, 2.45) is 5.73 Å². The highest BCUT2D eigenvalue weighted by Crippen LogP contribution is 2.31. The van der Waals surface area contributed by atoms with Crippen molar-refractivity contribution in [1.29, 1.82) is 0 Å². The van der Waals surface area contributed by atoms with E-state index in [0.717, 1.165) is 10.5 Å². The van der Waals surface area contributed by atoms with Crippen molar-refractivity contribution in [2.45, 2.75) is 12.8 Å². The lowest BCUT2D eigenvalue weighted by molar-refractivity contribution is 0.812. The number of fused-ring (bicyclic) bond motifs is 1. The van der Waals surface area contributed by atoms with Crippen molar-refractivity contribution in [1.82, 2.24) is 4.98 Å². The van der Waals surface area contributed by atoms with Gasteiger partial charge in [-0.2, -0.15) is 0 Å². The van der Waals surface area contributed by atoms with Crippen LogP contribution < -0.4 is 5.73 Å². The van der Waals surface area contributed by atoms with Crippen LogP contribution in [0.5, 0.6) is 0 Å². The highest BCUT2D eigenvalue weighted by Gasteiger charge is 2.16. The van der Waals surface area contributed by atoms with Gasteiger partial charge in [0, 0.05) is 12.5 Å². The lowest BCUT2D eigenvalue weighted by atomic mass is 10.0. The molecule has 0 fully saturated rings. The predicted molar refractivity (Wildman–Crippen MR) is 81.7 cm³/mol. The van der Waals surface area contributed by atoms with E-state index in [-0.39, 0.29) is 5.92 Å². The number of benzene rings is 2. The number of hydrogen-bond acceptors (Lipinski definition) is 3. The topological polar surface area (TPSA) is 38.9 Å². The summed E-state index contributed by atoms with van der Waals surface area (Å²) in [6.45, 7) is 2.69. The molecule has 0 bridgehead atoms. The van der Waals surface area contributed by atoms with E-state index in [1.807, 2.05) is 6.07 Å². The third kappa shape index (κ3) is 2.39. The number of aryl methyl sites for hydroxylation is 1. The standard InChI is InChI=1S/C16H16N2S/c1-11-7-8-14-15(9-11)19-16(18-14)13(10-17)12-5-3-2-4-6-12/h2-9,13H,10,17H2,1H3. The first-order valence-corrected chi connectivity index (χ1v) is 7.21. The summed E-state index contributed by atoms with van der Waals surface area (Å²) in [6, 6.07) is 16.7. The highest BCUT2D eigenvalue weighted by atomic mass is 32.1. The number of nitrogens with zero attached hydrogens (tertiary/aromatic N) is 1. The molecule has 0 amide bonds. The van der Waals surface area contributed by atoms with E-state index in [1.54, 1.807) is 11.3 Å². The molecule has 0 aliphatic carbocycles. The molecule has 0 radical (unpaired) electrons. The molecule has 0 aliphatic heterocycles. The fourth-order valence-electron chi connectivity index (χ4n) is 2.26. The van der Waals surface area contributed by atoms with Crippen LogP contribution in [-0.2, 0) is 0 Å². The number of nitrogens with two attached hydrogens (primary N) is 1. The van der Waals surface area contributed by atoms with Crippen molar-refractivity contribution in [3.05, 3.63) is 64.7 Å². The molecule has 3 aromatic rings. The molecular weight excluding hydrogens is 252 g/mol. The Kier molecular flexibility index (Phi) is 3.32. The molecule has 1 unspecified atom stereocenters. The van der Waals surface area contributed by atoms with Crippen LogP contribution in [0.3, 0.4) is 0 Å². The molecule has 0 spiro atoms. The molecule has 96 valence electrons. The van der Waals surface area contributed by atoms with Crippen LogP contribution in [0, 0.1) is 6.92 Å². The average molecular weight is 268 g/mol. The van der Waals surface area contributed by atoms with E-state index in [1.165, 1.54) is 15.8 Å². The zero-order valence-corrected chi connectivity index (χ0v) is 11.7. The fraction of sp³-hybridized carbons (Fsp3) is 0.188. The predicted octanol–water partition coefficient (Wildman–Crippen LogP) is 3.70. The lowest BCUT2D eigenvalue weighted by Gasteiger charge is -2.11.